The zero-order valence-corrected chi connectivity index (χ0v) is 14.0. The Morgan fingerprint density at radius 1 is 1.23 bits per heavy atom. The summed E-state index contributed by atoms with van der Waals surface area (Å²) in [6.07, 6.45) is 7.72. The molecule has 0 aliphatic carbocycles. The Hall–Kier alpha value is -3.10. The summed E-state index contributed by atoms with van der Waals surface area (Å²) in [6, 6.07) is 9.03. The standard InChI is InChI=1S/C18H18FN5O2/c1-13(14-2-4-16(19)5-3-14)23-18(12-21-10-11-22-18)24-26-17(25)15-6-8-20-9-7-15/h2-13,22-24H,1H3/t13?,18-/m1/s1. The van der Waals surface area contributed by atoms with Crippen LogP contribution in [-0.4, -0.2) is 23.0 Å². The van der Waals surface area contributed by atoms with Crippen LogP contribution in [0.4, 0.5) is 4.39 Å². The van der Waals surface area contributed by atoms with Crippen LogP contribution in [0, 0.1) is 5.82 Å². The van der Waals surface area contributed by atoms with Crippen molar-refractivity contribution in [1.82, 2.24) is 21.1 Å². The van der Waals surface area contributed by atoms with E-state index in [9.17, 15) is 9.18 Å². The SMILES string of the molecule is CC(N[C@@]1(NOC(=O)c2ccncc2)C=NC=CN1)c1ccc(F)cc1. The second-order valence-corrected chi connectivity index (χ2v) is 5.69. The third-order valence-electron chi connectivity index (χ3n) is 3.77. The van der Waals surface area contributed by atoms with Gasteiger partial charge in [0.1, 0.15) is 5.82 Å². The topological polar surface area (TPSA) is 87.6 Å². The van der Waals surface area contributed by atoms with Gasteiger partial charge >= 0.3 is 5.97 Å². The van der Waals surface area contributed by atoms with Crippen molar-refractivity contribution in [3.05, 3.63) is 78.1 Å². The smallest absolute Gasteiger partial charge is 0.357 e. The van der Waals surface area contributed by atoms with Gasteiger partial charge in [0.15, 0.2) is 0 Å². The molecule has 1 unspecified atom stereocenters. The predicted octanol–water partition coefficient (Wildman–Crippen LogP) is 2.03. The molecule has 1 aromatic carbocycles. The number of rotatable bonds is 6. The maximum Gasteiger partial charge on any atom is 0.357 e. The number of hydrogen-bond donors (Lipinski definition) is 3. The zero-order valence-electron chi connectivity index (χ0n) is 14.0. The molecule has 3 N–H and O–H groups in total. The van der Waals surface area contributed by atoms with E-state index in [4.69, 9.17) is 4.84 Å². The van der Waals surface area contributed by atoms with E-state index in [2.05, 4.69) is 26.1 Å². The molecule has 0 spiro atoms. The summed E-state index contributed by atoms with van der Waals surface area (Å²) in [5, 5.41) is 6.28. The molecule has 3 rings (SSSR count). The largest absolute Gasteiger partial charge is 0.363 e. The van der Waals surface area contributed by atoms with E-state index in [1.54, 1.807) is 36.7 Å². The van der Waals surface area contributed by atoms with E-state index in [1.165, 1.54) is 30.7 Å². The Morgan fingerprint density at radius 3 is 2.62 bits per heavy atom. The Bertz CT molecular complexity index is 810. The second kappa shape index (κ2) is 7.85. The molecule has 2 aromatic rings. The van der Waals surface area contributed by atoms with E-state index in [0.717, 1.165) is 5.56 Å². The molecule has 2 heterocycles. The van der Waals surface area contributed by atoms with Gasteiger partial charge < -0.3 is 10.2 Å². The van der Waals surface area contributed by atoms with Crippen molar-refractivity contribution in [3.8, 4) is 0 Å². The van der Waals surface area contributed by atoms with Gasteiger partial charge in [-0.15, -0.1) is 5.48 Å². The third kappa shape index (κ3) is 4.29. The highest BCUT2D eigenvalue weighted by atomic mass is 19.1. The third-order valence-corrected chi connectivity index (χ3v) is 3.77. The first-order valence-electron chi connectivity index (χ1n) is 7.96. The average Bonchev–Trinajstić information content (AvgIpc) is 2.68. The number of aliphatic imine (C=N–C) groups is 1. The van der Waals surface area contributed by atoms with Gasteiger partial charge in [-0.05, 0) is 36.8 Å². The first-order valence-corrected chi connectivity index (χ1v) is 7.96. The van der Waals surface area contributed by atoms with E-state index in [0.29, 0.717) is 5.56 Å². The van der Waals surface area contributed by atoms with E-state index < -0.39 is 11.8 Å². The van der Waals surface area contributed by atoms with Gasteiger partial charge in [-0.25, -0.2) is 9.18 Å². The second-order valence-electron chi connectivity index (χ2n) is 5.69. The molecule has 0 radical (unpaired) electrons. The molecule has 0 saturated carbocycles. The van der Waals surface area contributed by atoms with Crippen LogP contribution in [0.5, 0.6) is 0 Å². The number of halogens is 1. The molecular weight excluding hydrogens is 337 g/mol. The fraction of sp³-hybridized carbons (Fsp3) is 0.167. The number of nitrogens with zero attached hydrogens (tertiary/aromatic N) is 2. The minimum Gasteiger partial charge on any atom is -0.363 e. The molecule has 0 amide bonds. The van der Waals surface area contributed by atoms with Crippen LogP contribution < -0.4 is 16.1 Å². The molecule has 0 fully saturated rings. The summed E-state index contributed by atoms with van der Waals surface area (Å²) < 4.78 is 13.1. The molecule has 134 valence electrons. The molecule has 1 aromatic heterocycles. The Morgan fingerprint density at radius 2 is 1.96 bits per heavy atom. The van der Waals surface area contributed by atoms with Crippen LogP contribution in [0.15, 0.2) is 66.2 Å². The molecule has 1 aliphatic heterocycles. The number of aromatic nitrogens is 1. The van der Waals surface area contributed by atoms with Crippen LogP contribution >= 0.6 is 0 Å². The van der Waals surface area contributed by atoms with Gasteiger partial charge in [-0.1, -0.05) is 12.1 Å². The monoisotopic (exact) mass is 355 g/mol. The number of benzene rings is 1. The molecule has 2 atom stereocenters. The molecule has 26 heavy (non-hydrogen) atoms. The van der Waals surface area contributed by atoms with Crippen LogP contribution in [-0.2, 0) is 4.84 Å². The highest BCUT2D eigenvalue weighted by Crippen LogP contribution is 2.16. The summed E-state index contributed by atoms with van der Waals surface area (Å²) in [5.41, 5.74) is 3.90. The lowest BCUT2D eigenvalue weighted by atomic mass is 10.1. The van der Waals surface area contributed by atoms with Gasteiger partial charge in [0.25, 0.3) is 0 Å². The predicted molar refractivity (Wildman–Crippen MR) is 94.2 cm³/mol. The summed E-state index contributed by atoms with van der Waals surface area (Å²) in [7, 11) is 0. The number of nitrogens with one attached hydrogen (secondary N) is 3. The van der Waals surface area contributed by atoms with Crippen molar-refractivity contribution < 1.29 is 14.0 Å². The number of hydroxylamine groups is 1. The molecule has 0 bridgehead atoms. The van der Waals surface area contributed by atoms with Gasteiger partial charge in [0.2, 0.25) is 5.79 Å². The van der Waals surface area contributed by atoms with E-state index in [1.807, 2.05) is 6.92 Å². The normalized spacial score (nSPS) is 19.6. The van der Waals surface area contributed by atoms with Crippen molar-refractivity contribution in [1.29, 1.82) is 0 Å². The van der Waals surface area contributed by atoms with E-state index in [-0.39, 0.29) is 11.9 Å². The van der Waals surface area contributed by atoms with Gasteiger partial charge in [0.05, 0.1) is 11.8 Å². The molecule has 7 nitrogen and oxygen atoms in total. The van der Waals surface area contributed by atoms with Crippen molar-refractivity contribution in [2.45, 2.75) is 18.8 Å². The molecule has 0 saturated heterocycles. The van der Waals surface area contributed by atoms with Gasteiger partial charge in [0, 0.05) is 30.8 Å². The minimum absolute atomic E-state index is 0.201. The highest BCUT2D eigenvalue weighted by molar-refractivity contribution is 5.89. The molecule has 8 heteroatoms. The van der Waals surface area contributed by atoms with Crippen molar-refractivity contribution >= 4 is 12.2 Å². The molecule has 1 aliphatic rings. The fourth-order valence-corrected chi connectivity index (χ4v) is 2.42. The summed E-state index contributed by atoms with van der Waals surface area (Å²) >= 11 is 0. The van der Waals surface area contributed by atoms with Crippen LogP contribution in [0.3, 0.4) is 0 Å². The number of carbonyl (C=O) groups is 1. The summed E-state index contributed by atoms with van der Waals surface area (Å²) in [5.74, 6) is -1.99. The number of carbonyl (C=O) groups excluding carboxylic acids is 1. The van der Waals surface area contributed by atoms with E-state index >= 15 is 0 Å². The Balaban J connectivity index is 1.70. The van der Waals surface area contributed by atoms with Crippen molar-refractivity contribution in [3.63, 3.8) is 0 Å². The maximum atomic E-state index is 13.1. The van der Waals surface area contributed by atoms with Crippen molar-refractivity contribution in [2.75, 3.05) is 0 Å². The first kappa shape index (κ1) is 17.7. The van der Waals surface area contributed by atoms with Crippen molar-refractivity contribution in [2.24, 2.45) is 4.99 Å². The zero-order chi connectivity index (χ0) is 18.4. The maximum absolute atomic E-state index is 13.1. The van der Waals surface area contributed by atoms with Crippen LogP contribution in [0.1, 0.15) is 28.9 Å². The van der Waals surface area contributed by atoms with Crippen LogP contribution in [0.25, 0.3) is 0 Å². The molecular formula is C18H18FN5O2. The minimum atomic E-state index is -1.12. The quantitative estimate of drug-likeness (QED) is 0.543. The fourth-order valence-electron chi connectivity index (χ4n) is 2.42. The average molecular weight is 355 g/mol. The lowest BCUT2D eigenvalue weighted by Gasteiger charge is -2.35. The number of pyridine rings is 1. The lowest BCUT2D eigenvalue weighted by Crippen LogP contribution is -2.67. The Kier molecular flexibility index (Phi) is 5.35. The van der Waals surface area contributed by atoms with Gasteiger partial charge in [-0.2, -0.15) is 0 Å². The first-order chi connectivity index (χ1) is 12.6. The van der Waals surface area contributed by atoms with Gasteiger partial charge in [-0.3, -0.25) is 15.3 Å². The summed E-state index contributed by atoms with van der Waals surface area (Å²) in [4.78, 5) is 25.3. The Labute approximate surface area is 150 Å². The lowest BCUT2D eigenvalue weighted by molar-refractivity contribution is -0.00453. The van der Waals surface area contributed by atoms with Crippen LogP contribution in [0.2, 0.25) is 0 Å². The number of hydrogen-bond acceptors (Lipinski definition) is 7. The highest BCUT2D eigenvalue weighted by Gasteiger charge is 2.32. The summed E-state index contributed by atoms with van der Waals surface area (Å²) in [6.45, 7) is 1.90.